The number of hydrogen-bond donors (Lipinski definition) is 5. The van der Waals surface area contributed by atoms with Gasteiger partial charge in [-0.25, -0.2) is 9.59 Å². The monoisotopic (exact) mass is 1660 g/mol. The number of aromatic nitrogens is 6. The molecule has 24 heteroatoms. The number of nitrogens with one attached hydrogen (secondary N) is 1. The Labute approximate surface area is 704 Å². The van der Waals surface area contributed by atoms with Crippen molar-refractivity contribution in [2.45, 2.75) is 302 Å². The summed E-state index contributed by atoms with van der Waals surface area (Å²) in [5, 5.41) is 57.7. The Bertz CT molecular complexity index is 3610. The van der Waals surface area contributed by atoms with Crippen LogP contribution < -0.4 is 18.9 Å². The molecule has 3 heterocycles. The number of aryl methyl sites for hydroxylation is 1. The summed E-state index contributed by atoms with van der Waals surface area (Å²) in [6.45, 7) is 20.6. The van der Waals surface area contributed by atoms with E-state index in [1.165, 1.54) is 99.5 Å². The molecule has 15 rings (SSSR count). The molecule has 0 bridgehead atoms. The number of carbonyl (C=O) groups is 5. The topological polar surface area (TPSA) is 332 Å². The molecular formula is C90H150BrLiN6O16. The van der Waals surface area contributed by atoms with Gasteiger partial charge in [0, 0.05) is 57.7 Å². The number of aromatic carboxylic acids is 1. The second-order valence-electron chi connectivity index (χ2n) is 37.5. The van der Waals surface area contributed by atoms with E-state index in [1.54, 1.807) is 39.1 Å². The van der Waals surface area contributed by atoms with Gasteiger partial charge in [-0.1, -0.05) is 102 Å². The molecule has 0 radical (unpaired) electrons. The van der Waals surface area contributed by atoms with Gasteiger partial charge in [0.2, 0.25) is 0 Å². The third kappa shape index (κ3) is 20.0. The number of ketones is 3. The first-order chi connectivity index (χ1) is 50.8. The third-order valence-electron chi connectivity index (χ3n) is 32.6. The number of carboxylic acid groups (broad SMARTS) is 1. The summed E-state index contributed by atoms with van der Waals surface area (Å²) in [6, 6.07) is 0. The summed E-state index contributed by atoms with van der Waals surface area (Å²) >= 11 is 3.43. The molecule has 0 aliphatic heterocycles. The van der Waals surface area contributed by atoms with E-state index in [9.17, 15) is 39.3 Å². The molecular weight excluding hydrogens is 1510 g/mol. The SMILES string of the molecule is C.C.C.C.C.CCOC(=O)c1cnn(CC(=O)[C@H]2CC[C@H]3[C@@H]4CC[C@H]5C[C@@](O)(COC)CC[C@]5(C)[C@H]4CC[C@]23C)c1.CCc1cn[nH]c1.COC[C@@]1(O)CC[C@@]2(C)[C@@H](CC[C@@H]3[C@@H]2CC[C@]2(C)[C@@H](C(=O)CBr)CC[C@@H]32)C1.COC[C@@]1(O)CC[C@@]2(C)[C@@H](CC[C@@H]3[C@@H]2CC[C@]2(C)[C@@H](C(=O)Cn4cc(C(=O)O)cn4)CC[C@@H]32)C1.O=C=O.[Li+].[OH-]. The van der Waals surface area contributed by atoms with Gasteiger partial charge in [-0.15, -0.1) is 0 Å². The van der Waals surface area contributed by atoms with Crippen molar-refractivity contribution in [3.8, 4) is 0 Å². The molecule has 3 aromatic rings. The largest absolute Gasteiger partial charge is 1.00 e. The fourth-order valence-electron chi connectivity index (χ4n) is 27.2. The van der Waals surface area contributed by atoms with Crippen LogP contribution in [-0.4, -0.2) is 161 Å². The van der Waals surface area contributed by atoms with Crippen LogP contribution in [0.2, 0.25) is 0 Å². The molecule has 24 atom stereocenters. The number of esters is 1. The Morgan fingerprint density at radius 1 is 0.491 bits per heavy atom. The molecule has 0 unspecified atom stereocenters. The van der Waals surface area contributed by atoms with E-state index in [-0.39, 0.29) is 143 Å². The van der Waals surface area contributed by atoms with Crippen molar-refractivity contribution in [3.63, 3.8) is 0 Å². The van der Waals surface area contributed by atoms with Crippen molar-refractivity contribution >= 4 is 51.4 Å². The van der Waals surface area contributed by atoms with Gasteiger partial charge < -0.3 is 44.8 Å². The van der Waals surface area contributed by atoms with Crippen molar-refractivity contribution in [2.24, 2.45) is 121 Å². The van der Waals surface area contributed by atoms with Gasteiger partial charge in [-0.2, -0.15) is 24.9 Å². The molecule has 12 aliphatic carbocycles. The van der Waals surface area contributed by atoms with Crippen LogP contribution in [0.25, 0.3) is 0 Å². The van der Waals surface area contributed by atoms with Crippen LogP contribution in [0.15, 0.2) is 37.2 Å². The van der Waals surface area contributed by atoms with Gasteiger partial charge >= 0.3 is 37.0 Å². The molecule has 0 aromatic carbocycles. The summed E-state index contributed by atoms with van der Waals surface area (Å²) in [5.74, 6) is 7.71. The summed E-state index contributed by atoms with van der Waals surface area (Å²) in [4.78, 5) is 78.9. The Hall–Kier alpha value is -4.24. The number of hydrogen-bond acceptors (Lipinski definition) is 18. The standard InChI is InChI=1S/C29H44N2O5.C27H40N2O5.C23H37BrO3.C5H8N2.CO2.5CH4.Li.H2O/c1-5-36-26(33)19-15-30-31(16-19)17-25(32)24-9-8-22-21-7-6-20-14-29(34,18-35-4)13-12-27(20,2)23(21)10-11-28(22,24)3;1-25-10-11-27(33,16-34-3)12-18(25)4-5-19-20-6-7-22(26(20,2)9-8-21(19)25)23(30)15-29-14-17(13-28-29)24(31)32;1-21-10-11-23(26,14-27-3)12-15(21)4-5-16-17-6-7-19(20(25)13-24)22(17,2)9-8-18(16)21;1-2-5-3-6-7-4-5;2-1-3;;;;;;;/h15-16,20-24,34H,5-14,17-18H2,1-4H3;13-14,18-22,33H,4-12,15-16H2,1-3H3,(H,31,32);15-19,26H,4-14H2,1-3H3;3-4H,2H2,1H3,(H,6,7);;5*1H4;;1H2/q;;;;;;;;;;+1;/p-1/t20-,21-,22-,23-,24+,27-,28-,29+;18-,19-,20-,21-,22+,25-,26-,27+;15-,16-,17-,18-,19+,21-,22-,23+;;;;;;;;;/m000........./s1. The van der Waals surface area contributed by atoms with Crippen LogP contribution >= 0.6 is 15.9 Å². The van der Waals surface area contributed by atoms with Crippen LogP contribution in [0.4, 0.5) is 0 Å². The molecule has 12 fully saturated rings. The smallest absolute Gasteiger partial charge is 0.870 e. The summed E-state index contributed by atoms with van der Waals surface area (Å²) in [5.41, 5.74) is 1.04. The minimum atomic E-state index is -1.02. The molecule has 12 saturated carbocycles. The third-order valence-corrected chi connectivity index (χ3v) is 33.2. The average Bonchev–Trinajstić information content (AvgIpc) is 1.45. The molecule has 0 amide bonds. The molecule has 0 spiro atoms. The molecule has 644 valence electrons. The van der Waals surface area contributed by atoms with Gasteiger partial charge in [0.05, 0.1) is 91.4 Å². The maximum Gasteiger partial charge on any atom is 1.00 e. The van der Waals surface area contributed by atoms with Gasteiger partial charge in [-0.3, -0.25) is 28.8 Å². The molecule has 0 saturated heterocycles. The van der Waals surface area contributed by atoms with Crippen molar-refractivity contribution in [1.82, 2.24) is 29.8 Å². The number of rotatable bonds is 18. The van der Waals surface area contributed by atoms with Crippen molar-refractivity contribution in [2.75, 3.05) is 53.1 Å². The van der Waals surface area contributed by atoms with E-state index in [4.69, 9.17) is 33.6 Å². The predicted octanol–water partition coefficient (Wildman–Crippen LogP) is 14.2. The van der Waals surface area contributed by atoms with Crippen LogP contribution in [0.5, 0.6) is 0 Å². The van der Waals surface area contributed by atoms with Gasteiger partial charge in [0.25, 0.3) is 0 Å². The first kappa shape index (κ1) is 102. The van der Waals surface area contributed by atoms with Gasteiger partial charge in [0.1, 0.15) is 5.78 Å². The number of aromatic amines is 1. The van der Waals surface area contributed by atoms with Gasteiger partial charge in [0.15, 0.2) is 11.6 Å². The quantitative estimate of drug-likeness (QED) is 0.0449. The van der Waals surface area contributed by atoms with E-state index < -0.39 is 28.7 Å². The van der Waals surface area contributed by atoms with Crippen LogP contribution in [-0.2, 0) is 62.4 Å². The second-order valence-corrected chi connectivity index (χ2v) is 38.1. The Morgan fingerprint density at radius 2 is 0.825 bits per heavy atom. The number of aliphatic hydroxyl groups is 3. The minimum Gasteiger partial charge on any atom is -0.870 e. The number of carbonyl (C=O) groups excluding carboxylic acids is 6. The maximum absolute atomic E-state index is 13.5. The molecule has 114 heavy (non-hydrogen) atoms. The maximum atomic E-state index is 13.5. The number of fused-ring (bicyclic) bond motifs is 15. The zero-order chi connectivity index (χ0) is 77.3. The molecule has 6 N–H and O–H groups in total. The normalized spacial score (nSPS) is 39.1. The van der Waals surface area contributed by atoms with E-state index in [2.05, 4.69) is 84.8 Å². The number of Topliss-reactive ketones (excluding diaryl/α,β-unsaturated/α-hetero) is 3. The predicted molar refractivity (Wildman–Crippen MR) is 441 cm³/mol. The zero-order valence-electron chi connectivity index (χ0n) is 67.7. The van der Waals surface area contributed by atoms with E-state index in [0.717, 1.165) is 127 Å². The fourth-order valence-corrected chi connectivity index (χ4v) is 27.6. The first-order valence-electron chi connectivity index (χ1n) is 41.1. The average molecular weight is 1660 g/mol. The first-order valence-corrected chi connectivity index (χ1v) is 42.2. The van der Waals surface area contributed by atoms with E-state index >= 15 is 0 Å². The number of H-pyrrole nitrogens is 1. The number of nitrogens with zero attached hydrogens (tertiary/aromatic N) is 5. The Morgan fingerprint density at radius 3 is 1.11 bits per heavy atom. The number of halogens is 1. The van der Waals surface area contributed by atoms with E-state index in [1.807, 2.05) is 12.4 Å². The van der Waals surface area contributed by atoms with Crippen molar-refractivity contribution in [3.05, 3.63) is 53.9 Å². The summed E-state index contributed by atoms with van der Waals surface area (Å²) < 4.78 is 24.2. The van der Waals surface area contributed by atoms with Gasteiger partial charge in [-0.05, 0) is 296 Å². The Balaban J connectivity index is 0.000000331. The number of carboxylic acids is 1. The summed E-state index contributed by atoms with van der Waals surface area (Å²) in [7, 11) is 5.07. The Kier molecular flexibility index (Phi) is 37.0. The number of alkyl halides is 1. The number of ether oxygens (including phenoxy) is 4. The van der Waals surface area contributed by atoms with E-state index in [0.29, 0.717) is 102 Å². The minimum absolute atomic E-state index is 0. The van der Waals surface area contributed by atoms with Crippen molar-refractivity contribution < 1.29 is 97.3 Å². The second kappa shape index (κ2) is 41.4. The van der Waals surface area contributed by atoms with Crippen LogP contribution in [0.1, 0.15) is 292 Å². The fraction of sp³-hybridized carbons (Fsp3) is 0.833. The van der Waals surface area contributed by atoms with Crippen LogP contribution in [0.3, 0.4) is 0 Å². The van der Waals surface area contributed by atoms with Crippen molar-refractivity contribution in [1.29, 1.82) is 0 Å². The van der Waals surface area contributed by atoms with Crippen LogP contribution in [0, 0.1) is 121 Å². The number of methoxy groups -OCH3 is 3. The molecule has 22 nitrogen and oxygen atoms in total. The molecule has 12 aliphatic rings. The summed E-state index contributed by atoms with van der Waals surface area (Å²) in [6.07, 6.45) is 40.2. The zero-order valence-corrected chi connectivity index (χ0v) is 69.3. The molecule has 3 aromatic heterocycles.